The molecule has 1 fully saturated rings. The SMILES string of the molecule is COc1cccc(CCC(=O)NC2CC(C(=O)O)C2)c1F. The van der Waals surface area contributed by atoms with E-state index in [9.17, 15) is 14.0 Å². The Morgan fingerprint density at radius 3 is 2.76 bits per heavy atom. The monoisotopic (exact) mass is 295 g/mol. The Labute approximate surface area is 122 Å². The fourth-order valence-corrected chi connectivity index (χ4v) is 2.39. The van der Waals surface area contributed by atoms with Gasteiger partial charge in [0.1, 0.15) is 0 Å². The fourth-order valence-electron chi connectivity index (χ4n) is 2.39. The minimum atomic E-state index is -0.820. The molecule has 1 aromatic rings. The number of aryl methyl sites for hydroxylation is 1. The normalized spacial score (nSPS) is 20.5. The molecular weight excluding hydrogens is 277 g/mol. The van der Waals surface area contributed by atoms with Gasteiger partial charge in [-0.05, 0) is 30.9 Å². The minimum absolute atomic E-state index is 0.0752. The molecule has 5 nitrogen and oxygen atoms in total. The number of aliphatic carboxylic acids is 1. The standard InChI is InChI=1S/C15H18FNO4/c1-21-12-4-2-3-9(14(12)16)5-6-13(18)17-11-7-10(8-11)15(19)20/h2-4,10-11H,5-8H2,1H3,(H,17,18)(H,19,20). The van der Waals surface area contributed by atoms with Gasteiger partial charge in [-0.15, -0.1) is 0 Å². The second-order valence-electron chi connectivity index (χ2n) is 5.20. The van der Waals surface area contributed by atoms with E-state index < -0.39 is 11.8 Å². The third-order valence-electron chi connectivity index (χ3n) is 3.74. The lowest BCUT2D eigenvalue weighted by molar-refractivity contribution is -0.146. The van der Waals surface area contributed by atoms with Gasteiger partial charge in [0.05, 0.1) is 13.0 Å². The first kappa shape index (κ1) is 15.3. The highest BCUT2D eigenvalue weighted by Crippen LogP contribution is 2.27. The summed E-state index contributed by atoms with van der Waals surface area (Å²) in [6.45, 7) is 0. The van der Waals surface area contributed by atoms with Gasteiger partial charge in [-0.3, -0.25) is 9.59 Å². The number of hydrogen-bond donors (Lipinski definition) is 2. The number of carbonyl (C=O) groups is 2. The average Bonchev–Trinajstić information content (AvgIpc) is 2.40. The van der Waals surface area contributed by atoms with E-state index in [1.807, 2.05) is 0 Å². The van der Waals surface area contributed by atoms with Crippen molar-refractivity contribution in [3.63, 3.8) is 0 Å². The smallest absolute Gasteiger partial charge is 0.306 e. The van der Waals surface area contributed by atoms with Gasteiger partial charge in [-0.1, -0.05) is 12.1 Å². The average molecular weight is 295 g/mol. The van der Waals surface area contributed by atoms with Crippen LogP contribution in [-0.4, -0.2) is 30.1 Å². The molecule has 0 radical (unpaired) electrons. The fraction of sp³-hybridized carbons (Fsp3) is 0.467. The first-order chi connectivity index (χ1) is 10.0. The summed E-state index contributed by atoms with van der Waals surface area (Å²) < 4.78 is 18.8. The summed E-state index contributed by atoms with van der Waals surface area (Å²) in [5.41, 5.74) is 0.432. The predicted octanol–water partition coefficient (Wildman–Crippen LogP) is 1.75. The number of methoxy groups -OCH3 is 1. The molecule has 0 spiro atoms. The van der Waals surface area contributed by atoms with Gasteiger partial charge in [0.25, 0.3) is 0 Å². The summed E-state index contributed by atoms with van der Waals surface area (Å²) in [7, 11) is 1.39. The van der Waals surface area contributed by atoms with Gasteiger partial charge < -0.3 is 15.2 Å². The molecule has 1 aromatic carbocycles. The van der Waals surface area contributed by atoms with Gasteiger partial charge >= 0.3 is 5.97 Å². The highest BCUT2D eigenvalue weighted by Gasteiger charge is 2.35. The van der Waals surface area contributed by atoms with Crippen molar-refractivity contribution in [2.24, 2.45) is 5.92 Å². The summed E-state index contributed by atoms with van der Waals surface area (Å²) >= 11 is 0. The van der Waals surface area contributed by atoms with Gasteiger partial charge in [-0.2, -0.15) is 0 Å². The number of hydrogen-bond acceptors (Lipinski definition) is 3. The van der Waals surface area contributed by atoms with E-state index in [1.165, 1.54) is 13.2 Å². The van der Waals surface area contributed by atoms with Crippen molar-refractivity contribution in [3.05, 3.63) is 29.6 Å². The first-order valence-electron chi connectivity index (χ1n) is 6.84. The second kappa shape index (κ2) is 6.56. The highest BCUT2D eigenvalue weighted by molar-refractivity contribution is 5.77. The van der Waals surface area contributed by atoms with E-state index in [1.54, 1.807) is 12.1 Å². The van der Waals surface area contributed by atoms with Crippen molar-refractivity contribution in [1.29, 1.82) is 0 Å². The molecule has 0 unspecified atom stereocenters. The summed E-state index contributed by atoms with van der Waals surface area (Å²) in [6.07, 6.45) is 1.38. The number of carboxylic acid groups (broad SMARTS) is 1. The summed E-state index contributed by atoms with van der Waals surface area (Å²) in [5, 5.41) is 11.5. The quantitative estimate of drug-likeness (QED) is 0.838. The Kier molecular flexibility index (Phi) is 4.77. The van der Waals surface area contributed by atoms with Crippen LogP contribution in [0.2, 0.25) is 0 Å². The second-order valence-corrected chi connectivity index (χ2v) is 5.20. The molecular formula is C15H18FNO4. The molecule has 0 heterocycles. The van der Waals surface area contributed by atoms with Gasteiger partial charge in [0.15, 0.2) is 11.6 Å². The Hall–Kier alpha value is -2.11. The van der Waals surface area contributed by atoms with Crippen LogP contribution in [0.4, 0.5) is 4.39 Å². The van der Waals surface area contributed by atoms with Crippen molar-refractivity contribution in [2.45, 2.75) is 31.7 Å². The lowest BCUT2D eigenvalue weighted by Crippen LogP contribution is -2.46. The molecule has 1 aliphatic carbocycles. The number of benzene rings is 1. The topological polar surface area (TPSA) is 75.6 Å². The molecule has 114 valence electrons. The molecule has 2 N–H and O–H groups in total. The number of carbonyl (C=O) groups excluding carboxylic acids is 1. The number of rotatable bonds is 6. The van der Waals surface area contributed by atoms with Crippen LogP contribution in [0.3, 0.4) is 0 Å². The number of carboxylic acids is 1. The number of ether oxygens (including phenoxy) is 1. The van der Waals surface area contributed by atoms with E-state index in [2.05, 4.69) is 5.32 Å². The van der Waals surface area contributed by atoms with Crippen LogP contribution in [0.25, 0.3) is 0 Å². The van der Waals surface area contributed by atoms with Gasteiger partial charge in [-0.25, -0.2) is 4.39 Å². The van der Waals surface area contributed by atoms with E-state index in [4.69, 9.17) is 9.84 Å². The van der Waals surface area contributed by atoms with Gasteiger partial charge in [0.2, 0.25) is 5.91 Å². The predicted molar refractivity (Wildman–Crippen MR) is 73.6 cm³/mol. The van der Waals surface area contributed by atoms with Crippen molar-refractivity contribution in [1.82, 2.24) is 5.32 Å². The van der Waals surface area contributed by atoms with Crippen LogP contribution >= 0.6 is 0 Å². The van der Waals surface area contributed by atoms with Crippen LogP contribution in [-0.2, 0) is 16.0 Å². The van der Waals surface area contributed by atoms with E-state index >= 15 is 0 Å². The summed E-state index contributed by atoms with van der Waals surface area (Å²) in [5.74, 6) is -1.64. The van der Waals surface area contributed by atoms with Crippen LogP contribution in [0.5, 0.6) is 5.75 Å². The van der Waals surface area contributed by atoms with Crippen LogP contribution in [0.1, 0.15) is 24.8 Å². The van der Waals surface area contributed by atoms with Crippen molar-refractivity contribution < 1.29 is 23.8 Å². The van der Waals surface area contributed by atoms with E-state index in [0.717, 1.165) is 0 Å². The molecule has 0 aromatic heterocycles. The Bertz CT molecular complexity index is 540. The number of amides is 1. The molecule has 1 amide bonds. The van der Waals surface area contributed by atoms with Gasteiger partial charge in [0, 0.05) is 12.5 Å². The number of nitrogens with one attached hydrogen (secondary N) is 1. The van der Waals surface area contributed by atoms with Crippen LogP contribution in [0.15, 0.2) is 18.2 Å². The maximum atomic E-state index is 13.9. The first-order valence-corrected chi connectivity index (χ1v) is 6.84. The molecule has 1 aliphatic rings. The Balaban J connectivity index is 1.79. The molecule has 0 bridgehead atoms. The molecule has 0 atom stereocenters. The Morgan fingerprint density at radius 2 is 2.14 bits per heavy atom. The molecule has 0 aliphatic heterocycles. The maximum Gasteiger partial charge on any atom is 0.306 e. The summed E-state index contributed by atoms with van der Waals surface area (Å²) in [6, 6.07) is 4.75. The minimum Gasteiger partial charge on any atom is -0.494 e. The van der Waals surface area contributed by atoms with E-state index in [-0.39, 0.29) is 36.5 Å². The summed E-state index contributed by atoms with van der Waals surface area (Å²) in [4.78, 5) is 22.4. The third-order valence-corrected chi connectivity index (χ3v) is 3.74. The Morgan fingerprint density at radius 1 is 1.43 bits per heavy atom. The lowest BCUT2D eigenvalue weighted by atomic mass is 9.80. The molecule has 6 heteroatoms. The van der Waals surface area contributed by atoms with Crippen LogP contribution < -0.4 is 10.1 Å². The van der Waals surface area contributed by atoms with Crippen molar-refractivity contribution in [2.75, 3.05) is 7.11 Å². The molecule has 0 saturated heterocycles. The van der Waals surface area contributed by atoms with Crippen molar-refractivity contribution >= 4 is 11.9 Å². The number of halogens is 1. The van der Waals surface area contributed by atoms with Crippen molar-refractivity contribution in [3.8, 4) is 5.75 Å². The zero-order chi connectivity index (χ0) is 15.4. The van der Waals surface area contributed by atoms with Crippen LogP contribution in [0, 0.1) is 11.7 Å². The third kappa shape index (κ3) is 3.71. The lowest BCUT2D eigenvalue weighted by Gasteiger charge is -2.32. The molecule has 1 saturated carbocycles. The molecule has 21 heavy (non-hydrogen) atoms. The zero-order valence-electron chi connectivity index (χ0n) is 11.8. The highest BCUT2D eigenvalue weighted by atomic mass is 19.1. The van der Waals surface area contributed by atoms with E-state index in [0.29, 0.717) is 18.4 Å². The largest absolute Gasteiger partial charge is 0.494 e. The molecule has 2 rings (SSSR count). The zero-order valence-corrected chi connectivity index (χ0v) is 11.8. The maximum absolute atomic E-state index is 13.9.